The molecule has 0 aromatic heterocycles. The lowest BCUT2D eigenvalue weighted by Crippen LogP contribution is -2.50. The van der Waals surface area contributed by atoms with Crippen LogP contribution >= 0.6 is 11.8 Å². The van der Waals surface area contributed by atoms with Crippen molar-refractivity contribution >= 4 is 23.8 Å². The molecule has 0 aliphatic heterocycles. The van der Waals surface area contributed by atoms with Gasteiger partial charge in [0.25, 0.3) is 0 Å². The van der Waals surface area contributed by atoms with Crippen LogP contribution in [0.4, 0.5) is 4.79 Å². The predicted molar refractivity (Wildman–Crippen MR) is 69.7 cm³/mol. The number of hydrogen-bond donors (Lipinski definition) is 4. The summed E-state index contributed by atoms with van der Waals surface area (Å²) in [6.07, 6.45) is 5.10. The molecule has 0 aromatic carbocycles. The highest BCUT2D eigenvalue weighted by Gasteiger charge is 2.28. The molecule has 0 heterocycles. The molecule has 4 N–H and O–H groups in total. The fraction of sp³-hybridized carbons (Fsp3) is 0.818. The molecule has 1 saturated carbocycles. The van der Waals surface area contributed by atoms with Crippen LogP contribution in [0.2, 0.25) is 0 Å². The van der Waals surface area contributed by atoms with Gasteiger partial charge < -0.3 is 20.8 Å². The monoisotopic (exact) mass is 276 g/mol. The van der Waals surface area contributed by atoms with Crippen LogP contribution in [0, 0.1) is 0 Å². The van der Waals surface area contributed by atoms with Crippen LogP contribution in [0.15, 0.2) is 0 Å². The lowest BCUT2D eigenvalue weighted by atomic mass is 10.2. The Morgan fingerprint density at radius 2 is 2.17 bits per heavy atom. The minimum atomic E-state index is -1.13. The Morgan fingerprint density at radius 1 is 1.44 bits per heavy atom. The summed E-state index contributed by atoms with van der Waals surface area (Å²) in [7, 11) is 0. The summed E-state index contributed by atoms with van der Waals surface area (Å²) in [6.45, 7) is -0.270. The fourth-order valence-corrected chi connectivity index (χ4v) is 3.06. The van der Waals surface area contributed by atoms with Crippen molar-refractivity contribution in [2.24, 2.45) is 0 Å². The van der Waals surface area contributed by atoms with Gasteiger partial charge in [0, 0.05) is 24.3 Å². The number of rotatable bonds is 6. The first-order valence-corrected chi connectivity index (χ1v) is 7.30. The first-order valence-electron chi connectivity index (χ1n) is 6.02. The molecule has 0 saturated heterocycles. The topological polar surface area (TPSA) is 98.7 Å². The minimum absolute atomic E-state index is 0.0133. The molecule has 0 radical (unpaired) electrons. The van der Waals surface area contributed by atoms with Gasteiger partial charge in [0.05, 0.1) is 0 Å². The second-order valence-corrected chi connectivity index (χ2v) is 5.41. The molecule has 1 fully saturated rings. The fourth-order valence-electron chi connectivity index (χ4n) is 2.13. The second-order valence-electron chi connectivity index (χ2n) is 4.33. The van der Waals surface area contributed by atoms with Crippen LogP contribution in [0.1, 0.15) is 25.7 Å². The zero-order valence-corrected chi connectivity index (χ0v) is 11.2. The van der Waals surface area contributed by atoms with Gasteiger partial charge in [-0.2, -0.15) is 11.8 Å². The van der Waals surface area contributed by atoms with Crippen molar-refractivity contribution in [2.45, 2.75) is 43.0 Å². The third kappa shape index (κ3) is 4.38. The van der Waals surface area contributed by atoms with Crippen molar-refractivity contribution in [1.29, 1.82) is 0 Å². The van der Waals surface area contributed by atoms with E-state index in [1.165, 1.54) is 0 Å². The maximum absolute atomic E-state index is 11.7. The summed E-state index contributed by atoms with van der Waals surface area (Å²) in [5.41, 5.74) is 0. The number of carboxylic acids is 1. The molecule has 1 aliphatic rings. The van der Waals surface area contributed by atoms with Gasteiger partial charge in [-0.15, -0.1) is 0 Å². The lowest BCUT2D eigenvalue weighted by Gasteiger charge is -2.21. The van der Waals surface area contributed by atoms with Gasteiger partial charge in [-0.25, -0.2) is 9.59 Å². The average Bonchev–Trinajstić information content (AvgIpc) is 2.75. The third-order valence-electron chi connectivity index (χ3n) is 3.09. The average molecular weight is 276 g/mol. The molecule has 0 aromatic rings. The number of thioether (sulfide) groups is 1. The first-order chi connectivity index (χ1) is 8.58. The van der Waals surface area contributed by atoms with Crippen LogP contribution in [0.3, 0.4) is 0 Å². The highest BCUT2D eigenvalue weighted by molar-refractivity contribution is 7.99. The van der Waals surface area contributed by atoms with E-state index in [0.29, 0.717) is 5.25 Å². The van der Waals surface area contributed by atoms with Gasteiger partial charge in [0.1, 0.15) is 6.04 Å². The van der Waals surface area contributed by atoms with Crippen molar-refractivity contribution in [3.63, 3.8) is 0 Å². The van der Waals surface area contributed by atoms with E-state index in [2.05, 4.69) is 10.6 Å². The smallest absolute Gasteiger partial charge is 0.326 e. The number of carboxylic acid groups (broad SMARTS) is 1. The van der Waals surface area contributed by atoms with E-state index in [-0.39, 0.29) is 19.1 Å². The number of carbonyl (C=O) groups excluding carboxylic acids is 1. The Kier molecular flexibility index (Phi) is 6.28. The minimum Gasteiger partial charge on any atom is -0.480 e. The molecule has 3 atom stereocenters. The quantitative estimate of drug-likeness (QED) is 0.563. The Hall–Kier alpha value is -0.950. The number of carbonyl (C=O) groups is 2. The Labute approximate surface area is 111 Å². The Bertz CT molecular complexity index is 301. The second kappa shape index (κ2) is 7.48. The zero-order chi connectivity index (χ0) is 13.5. The number of urea groups is 1. The van der Waals surface area contributed by atoms with E-state index in [9.17, 15) is 9.59 Å². The van der Waals surface area contributed by atoms with Gasteiger partial charge in [-0.05, 0) is 19.1 Å². The predicted octanol–water partition coefficient (Wildman–Crippen LogP) is 0.405. The maximum atomic E-state index is 11.7. The molecule has 2 amide bonds. The van der Waals surface area contributed by atoms with Gasteiger partial charge in [0.2, 0.25) is 0 Å². The van der Waals surface area contributed by atoms with E-state index >= 15 is 0 Å². The molecule has 6 nitrogen and oxygen atoms in total. The van der Waals surface area contributed by atoms with Gasteiger partial charge in [0.15, 0.2) is 0 Å². The third-order valence-corrected chi connectivity index (χ3v) is 4.26. The number of aliphatic hydroxyl groups excluding tert-OH is 1. The Balaban J connectivity index is 2.42. The summed E-state index contributed by atoms with van der Waals surface area (Å²) in [4.78, 5) is 22.5. The van der Waals surface area contributed by atoms with Crippen molar-refractivity contribution in [1.82, 2.24) is 10.6 Å². The van der Waals surface area contributed by atoms with Crippen LogP contribution in [0.5, 0.6) is 0 Å². The van der Waals surface area contributed by atoms with E-state index < -0.39 is 18.0 Å². The van der Waals surface area contributed by atoms with Crippen molar-refractivity contribution in [2.75, 3.05) is 12.9 Å². The first kappa shape index (κ1) is 15.1. The van der Waals surface area contributed by atoms with Crippen LogP contribution in [-0.2, 0) is 4.79 Å². The molecule has 7 heteroatoms. The maximum Gasteiger partial charge on any atom is 0.326 e. The normalized spacial score (nSPS) is 24.6. The zero-order valence-electron chi connectivity index (χ0n) is 10.4. The molecular formula is C11H20N2O4S. The number of aliphatic hydroxyl groups is 1. The van der Waals surface area contributed by atoms with E-state index in [0.717, 1.165) is 19.3 Å². The summed E-state index contributed by atoms with van der Waals surface area (Å²) in [5, 5.41) is 23.2. The summed E-state index contributed by atoms with van der Waals surface area (Å²) in [6, 6.07) is -1.41. The molecule has 1 aliphatic carbocycles. The number of aliphatic carboxylic acids is 1. The van der Waals surface area contributed by atoms with Crippen molar-refractivity contribution in [3.8, 4) is 0 Å². The molecule has 18 heavy (non-hydrogen) atoms. The molecule has 104 valence electrons. The molecule has 1 rings (SSSR count). The van der Waals surface area contributed by atoms with Crippen LogP contribution in [0.25, 0.3) is 0 Å². The van der Waals surface area contributed by atoms with Gasteiger partial charge >= 0.3 is 12.0 Å². The molecule has 2 unspecified atom stereocenters. The van der Waals surface area contributed by atoms with Crippen LogP contribution < -0.4 is 10.6 Å². The number of hydrogen-bond acceptors (Lipinski definition) is 4. The van der Waals surface area contributed by atoms with E-state index in [1.54, 1.807) is 11.8 Å². The standard InChI is InChI=1S/C11H20N2O4S/c1-18-9-4-2-3-7(9)12-11(17)13-8(5-6-14)10(15)16/h7-9,14H,2-6H2,1H3,(H,15,16)(H2,12,13,17)/t7?,8-,9?/m0/s1. The molecular weight excluding hydrogens is 256 g/mol. The highest BCUT2D eigenvalue weighted by atomic mass is 32.2. The Morgan fingerprint density at radius 3 is 2.72 bits per heavy atom. The molecule has 0 spiro atoms. The van der Waals surface area contributed by atoms with Crippen molar-refractivity contribution in [3.05, 3.63) is 0 Å². The van der Waals surface area contributed by atoms with Crippen molar-refractivity contribution < 1.29 is 19.8 Å². The SMILES string of the molecule is CSC1CCCC1NC(=O)N[C@@H](CCO)C(=O)O. The number of nitrogens with one attached hydrogen (secondary N) is 2. The van der Waals surface area contributed by atoms with Gasteiger partial charge in [-0.1, -0.05) is 6.42 Å². The molecule has 0 bridgehead atoms. The summed E-state index contributed by atoms with van der Waals surface area (Å²) in [5.74, 6) is -1.13. The van der Waals surface area contributed by atoms with Gasteiger partial charge in [-0.3, -0.25) is 0 Å². The lowest BCUT2D eigenvalue weighted by molar-refractivity contribution is -0.139. The van der Waals surface area contributed by atoms with E-state index in [4.69, 9.17) is 10.2 Å². The largest absolute Gasteiger partial charge is 0.480 e. The number of amides is 2. The highest BCUT2D eigenvalue weighted by Crippen LogP contribution is 2.28. The summed E-state index contributed by atoms with van der Waals surface area (Å²) < 4.78 is 0. The van der Waals surface area contributed by atoms with Crippen LogP contribution in [-0.4, -0.2) is 52.4 Å². The van der Waals surface area contributed by atoms with E-state index in [1.807, 2.05) is 6.26 Å². The summed E-state index contributed by atoms with van der Waals surface area (Å²) >= 11 is 1.72.